The summed E-state index contributed by atoms with van der Waals surface area (Å²) in [6, 6.07) is 50.3. The van der Waals surface area contributed by atoms with E-state index in [-0.39, 0.29) is 10.8 Å². The number of aromatic nitrogens is 2. The highest BCUT2D eigenvalue weighted by molar-refractivity contribution is 7.99. The molecule has 0 unspecified atom stereocenters. The molecule has 0 amide bonds. The van der Waals surface area contributed by atoms with Crippen molar-refractivity contribution in [2.45, 2.75) is 48.3 Å². The summed E-state index contributed by atoms with van der Waals surface area (Å²) in [5, 5.41) is 1.06. The molecule has 4 heteroatoms. The molecule has 3 nitrogen and oxygen atoms in total. The highest BCUT2D eigenvalue weighted by Gasteiger charge is 2.38. The Kier molecular flexibility index (Phi) is 6.44. The van der Waals surface area contributed by atoms with Crippen LogP contribution in [0.1, 0.15) is 49.9 Å². The third kappa shape index (κ3) is 4.36. The van der Waals surface area contributed by atoms with Crippen LogP contribution in [0.5, 0.6) is 0 Å². The zero-order valence-corrected chi connectivity index (χ0v) is 28.3. The van der Waals surface area contributed by atoms with Crippen molar-refractivity contribution in [1.29, 1.82) is 0 Å². The Morgan fingerprint density at radius 1 is 0.500 bits per heavy atom. The SMILES string of the molecule is CC1(C)c2cc(-c3nc(-c4ccccc4)c4ccccc4n3)ccc2Sc2ccc(N3c4ccccc4C(C)(C)c4ccccc43)cc21. The number of hydrogen-bond donors (Lipinski definition) is 0. The van der Waals surface area contributed by atoms with Gasteiger partial charge in [0.25, 0.3) is 0 Å². The molecular formula is C44H35N3S. The molecule has 0 bridgehead atoms. The number of benzene rings is 6. The van der Waals surface area contributed by atoms with Crippen molar-refractivity contribution in [3.05, 3.63) is 162 Å². The van der Waals surface area contributed by atoms with Crippen molar-refractivity contribution < 1.29 is 0 Å². The van der Waals surface area contributed by atoms with E-state index in [0.29, 0.717) is 0 Å². The third-order valence-corrected chi connectivity index (χ3v) is 11.5. The van der Waals surface area contributed by atoms with Crippen LogP contribution in [0.2, 0.25) is 0 Å². The standard InChI is InChI=1S/C44H35N3S/c1-43(2)32-17-9-12-20-37(32)47(38-21-13-10-18-33(38)43)30-23-25-40-35(27-30)44(3,4)34-26-29(22-24-39(34)48-40)42-45-36-19-11-8-16-31(36)41(46-42)28-14-6-5-7-15-28/h5-27H,1-4H3. The van der Waals surface area contributed by atoms with Crippen molar-refractivity contribution in [3.8, 4) is 22.6 Å². The first kappa shape index (κ1) is 29.0. The highest BCUT2D eigenvalue weighted by Crippen LogP contribution is 2.55. The summed E-state index contributed by atoms with van der Waals surface area (Å²) in [4.78, 5) is 15.3. The summed E-state index contributed by atoms with van der Waals surface area (Å²) < 4.78 is 0. The molecule has 0 radical (unpaired) electrons. The van der Waals surface area contributed by atoms with E-state index in [1.807, 2.05) is 17.8 Å². The van der Waals surface area contributed by atoms with E-state index in [2.05, 4.69) is 166 Å². The van der Waals surface area contributed by atoms with E-state index in [4.69, 9.17) is 9.97 Å². The molecule has 7 aromatic rings. The van der Waals surface area contributed by atoms with Crippen LogP contribution in [0.25, 0.3) is 33.5 Å². The van der Waals surface area contributed by atoms with Crippen LogP contribution in [0, 0.1) is 0 Å². The summed E-state index contributed by atoms with van der Waals surface area (Å²) in [6.45, 7) is 9.39. The maximum absolute atomic E-state index is 5.19. The molecule has 0 spiro atoms. The van der Waals surface area contributed by atoms with Crippen LogP contribution in [-0.4, -0.2) is 9.97 Å². The molecule has 2 aliphatic heterocycles. The zero-order valence-electron chi connectivity index (χ0n) is 27.5. The fourth-order valence-corrected chi connectivity index (χ4v) is 9.07. The van der Waals surface area contributed by atoms with Gasteiger partial charge in [-0.2, -0.15) is 0 Å². The summed E-state index contributed by atoms with van der Waals surface area (Å²) in [6.07, 6.45) is 0. The number of nitrogens with zero attached hydrogens (tertiary/aromatic N) is 3. The molecule has 2 aliphatic rings. The first-order valence-corrected chi connectivity index (χ1v) is 17.4. The molecule has 0 N–H and O–H groups in total. The predicted molar refractivity (Wildman–Crippen MR) is 200 cm³/mol. The lowest BCUT2D eigenvalue weighted by atomic mass is 9.73. The lowest BCUT2D eigenvalue weighted by Gasteiger charge is -2.42. The van der Waals surface area contributed by atoms with Gasteiger partial charge in [-0.15, -0.1) is 0 Å². The molecular weight excluding hydrogens is 603 g/mol. The van der Waals surface area contributed by atoms with Crippen molar-refractivity contribution in [1.82, 2.24) is 9.97 Å². The topological polar surface area (TPSA) is 29.0 Å². The number of para-hydroxylation sites is 3. The fourth-order valence-electron chi connectivity index (χ4n) is 7.71. The van der Waals surface area contributed by atoms with E-state index >= 15 is 0 Å². The molecule has 0 aliphatic carbocycles. The normalized spacial score (nSPS) is 15.3. The van der Waals surface area contributed by atoms with E-state index < -0.39 is 0 Å². The molecule has 0 fully saturated rings. The second-order valence-electron chi connectivity index (χ2n) is 13.9. The van der Waals surface area contributed by atoms with E-state index in [0.717, 1.165) is 33.5 Å². The minimum absolute atomic E-state index is 0.0897. The van der Waals surface area contributed by atoms with Gasteiger partial charge >= 0.3 is 0 Å². The van der Waals surface area contributed by atoms with Gasteiger partial charge in [0, 0.05) is 42.8 Å². The van der Waals surface area contributed by atoms with Gasteiger partial charge in [-0.25, -0.2) is 9.97 Å². The van der Waals surface area contributed by atoms with Crippen molar-refractivity contribution in [2.75, 3.05) is 4.90 Å². The average molecular weight is 638 g/mol. The summed E-state index contributed by atoms with van der Waals surface area (Å²) >= 11 is 1.86. The van der Waals surface area contributed by atoms with Gasteiger partial charge in [-0.1, -0.05) is 130 Å². The molecule has 48 heavy (non-hydrogen) atoms. The molecule has 3 heterocycles. The largest absolute Gasteiger partial charge is 0.310 e. The molecule has 1 aromatic heterocycles. The first-order chi connectivity index (χ1) is 23.3. The van der Waals surface area contributed by atoms with Crippen LogP contribution in [0.15, 0.2) is 149 Å². The van der Waals surface area contributed by atoms with Gasteiger partial charge in [-0.05, 0) is 70.8 Å². The van der Waals surface area contributed by atoms with Crippen molar-refractivity contribution in [2.24, 2.45) is 0 Å². The van der Waals surface area contributed by atoms with Gasteiger partial charge in [-0.3, -0.25) is 0 Å². The summed E-state index contributed by atoms with van der Waals surface area (Å²) in [5.74, 6) is 0.750. The fraction of sp³-hybridized carbons (Fsp3) is 0.136. The van der Waals surface area contributed by atoms with Crippen molar-refractivity contribution >= 4 is 39.7 Å². The van der Waals surface area contributed by atoms with Gasteiger partial charge in [0.15, 0.2) is 5.82 Å². The minimum atomic E-state index is -0.241. The van der Waals surface area contributed by atoms with E-state index in [1.165, 1.54) is 49.1 Å². The number of rotatable bonds is 3. The Morgan fingerprint density at radius 2 is 1.08 bits per heavy atom. The quantitative estimate of drug-likeness (QED) is 0.193. The van der Waals surface area contributed by atoms with Crippen LogP contribution < -0.4 is 4.90 Å². The molecule has 232 valence electrons. The zero-order chi connectivity index (χ0) is 32.6. The van der Waals surface area contributed by atoms with Gasteiger partial charge in [0.2, 0.25) is 0 Å². The smallest absolute Gasteiger partial charge is 0.160 e. The number of hydrogen-bond acceptors (Lipinski definition) is 4. The van der Waals surface area contributed by atoms with Gasteiger partial charge in [0.05, 0.1) is 22.6 Å². The van der Waals surface area contributed by atoms with Crippen LogP contribution in [0.4, 0.5) is 17.1 Å². The monoisotopic (exact) mass is 637 g/mol. The first-order valence-electron chi connectivity index (χ1n) is 16.6. The summed E-state index contributed by atoms with van der Waals surface area (Å²) in [5.41, 5.74) is 12.7. The Morgan fingerprint density at radius 3 is 1.81 bits per heavy atom. The van der Waals surface area contributed by atoms with E-state index in [9.17, 15) is 0 Å². The Bertz CT molecular complexity index is 2340. The lowest BCUT2D eigenvalue weighted by Crippen LogP contribution is -2.31. The molecule has 0 atom stereocenters. The summed E-state index contributed by atoms with van der Waals surface area (Å²) in [7, 11) is 0. The maximum Gasteiger partial charge on any atom is 0.160 e. The van der Waals surface area contributed by atoms with Crippen LogP contribution in [0.3, 0.4) is 0 Å². The average Bonchev–Trinajstić information content (AvgIpc) is 3.12. The van der Waals surface area contributed by atoms with Crippen LogP contribution in [-0.2, 0) is 10.8 Å². The molecule has 0 saturated carbocycles. The van der Waals surface area contributed by atoms with Crippen LogP contribution >= 0.6 is 11.8 Å². The second kappa shape index (κ2) is 10.7. The number of fused-ring (bicyclic) bond motifs is 5. The minimum Gasteiger partial charge on any atom is -0.310 e. The Hall–Kier alpha value is -5.19. The number of anilines is 3. The molecule has 0 saturated heterocycles. The molecule has 6 aromatic carbocycles. The second-order valence-corrected chi connectivity index (χ2v) is 15.0. The maximum atomic E-state index is 5.19. The highest BCUT2D eigenvalue weighted by atomic mass is 32.2. The predicted octanol–water partition coefficient (Wildman–Crippen LogP) is 11.9. The lowest BCUT2D eigenvalue weighted by molar-refractivity contribution is 0.607. The molecule has 9 rings (SSSR count). The Balaban J connectivity index is 1.17. The third-order valence-electron chi connectivity index (χ3n) is 10.3. The van der Waals surface area contributed by atoms with Gasteiger partial charge < -0.3 is 4.90 Å². The van der Waals surface area contributed by atoms with Crippen molar-refractivity contribution in [3.63, 3.8) is 0 Å². The Labute approximate surface area is 286 Å². The van der Waals surface area contributed by atoms with E-state index in [1.54, 1.807) is 0 Å². The van der Waals surface area contributed by atoms with Gasteiger partial charge in [0.1, 0.15) is 0 Å².